The molecule has 1 aromatic carbocycles. The first kappa shape index (κ1) is 12.6. The molecule has 96 valence electrons. The highest BCUT2D eigenvalue weighted by Crippen LogP contribution is 2.16. The van der Waals surface area contributed by atoms with E-state index in [0.717, 1.165) is 24.4 Å². The topological polar surface area (TPSA) is 53.1 Å². The molecule has 0 saturated carbocycles. The first-order valence-corrected chi connectivity index (χ1v) is 6.13. The van der Waals surface area contributed by atoms with Crippen molar-refractivity contribution in [3.05, 3.63) is 48.0 Å². The van der Waals surface area contributed by atoms with E-state index in [1.54, 1.807) is 7.11 Å². The predicted molar refractivity (Wildman–Crippen MR) is 71.5 cm³/mol. The minimum absolute atomic E-state index is 0.0470. The van der Waals surface area contributed by atoms with Crippen molar-refractivity contribution >= 4 is 0 Å². The molecular weight excluding hydrogens is 226 g/mol. The summed E-state index contributed by atoms with van der Waals surface area (Å²) in [6.07, 6.45) is 4.58. The number of methoxy groups -OCH3 is 1. The van der Waals surface area contributed by atoms with E-state index in [-0.39, 0.29) is 6.04 Å². The molecule has 1 heterocycles. The Kier molecular flexibility index (Phi) is 3.99. The van der Waals surface area contributed by atoms with Crippen molar-refractivity contribution in [2.24, 2.45) is 5.73 Å². The minimum Gasteiger partial charge on any atom is -0.497 e. The molecule has 0 fully saturated rings. The van der Waals surface area contributed by atoms with Gasteiger partial charge >= 0.3 is 0 Å². The van der Waals surface area contributed by atoms with E-state index in [9.17, 15) is 0 Å². The van der Waals surface area contributed by atoms with Gasteiger partial charge in [0.2, 0.25) is 0 Å². The van der Waals surface area contributed by atoms with Crippen LogP contribution in [0.4, 0.5) is 0 Å². The van der Waals surface area contributed by atoms with Gasteiger partial charge in [-0.25, -0.2) is 4.98 Å². The zero-order valence-corrected chi connectivity index (χ0v) is 10.8. The van der Waals surface area contributed by atoms with Crippen LogP contribution in [0.15, 0.2) is 36.8 Å². The van der Waals surface area contributed by atoms with E-state index in [1.807, 2.05) is 24.7 Å². The van der Waals surface area contributed by atoms with Gasteiger partial charge in [-0.3, -0.25) is 0 Å². The lowest BCUT2D eigenvalue weighted by Gasteiger charge is -2.13. The van der Waals surface area contributed by atoms with E-state index >= 15 is 0 Å². The van der Waals surface area contributed by atoms with E-state index in [1.165, 1.54) is 5.56 Å². The number of ether oxygens (including phenoxy) is 1. The Labute approximate surface area is 107 Å². The largest absolute Gasteiger partial charge is 0.497 e. The second kappa shape index (κ2) is 5.69. The molecule has 0 spiro atoms. The Hall–Kier alpha value is -1.81. The highest BCUT2D eigenvalue weighted by atomic mass is 16.5. The van der Waals surface area contributed by atoms with Crippen LogP contribution in [0, 0.1) is 0 Å². The molecule has 0 aliphatic heterocycles. The van der Waals surface area contributed by atoms with Crippen LogP contribution in [0.2, 0.25) is 0 Å². The second-order valence-corrected chi connectivity index (χ2v) is 4.31. The first-order valence-electron chi connectivity index (χ1n) is 6.13. The van der Waals surface area contributed by atoms with Gasteiger partial charge in [0.05, 0.1) is 19.1 Å². The predicted octanol–water partition coefficient (Wildman–Crippen LogP) is 2.35. The third kappa shape index (κ3) is 2.71. The molecule has 4 nitrogen and oxygen atoms in total. The number of nitrogens with two attached hydrogens (primary N) is 1. The summed E-state index contributed by atoms with van der Waals surface area (Å²) in [7, 11) is 1.67. The van der Waals surface area contributed by atoms with Gasteiger partial charge in [0, 0.05) is 18.8 Å². The average molecular weight is 245 g/mol. The third-order valence-corrected chi connectivity index (χ3v) is 3.08. The fraction of sp³-hybridized carbons (Fsp3) is 0.357. The van der Waals surface area contributed by atoms with Gasteiger partial charge in [-0.05, 0) is 24.1 Å². The van der Waals surface area contributed by atoms with Crippen LogP contribution < -0.4 is 10.5 Å². The lowest BCUT2D eigenvalue weighted by molar-refractivity contribution is 0.414. The van der Waals surface area contributed by atoms with Gasteiger partial charge in [-0.15, -0.1) is 0 Å². The monoisotopic (exact) mass is 245 g/mol. The van der Waals surface area contributed by atoms with Gasteiger partial charge < -0.3 is 15.0 Å². The quantitative estimate of drug-likeness (QED) is 0.879. The normalized spacial score (nSPS) is 12.4. The second-order valence-electron chi connectivity index (χ2n) is 4.31. The lowest BCUT2D eigenvalue weighted by Crippen LogP contribution is -2.14. The number of benzene rings is 1. The van der Waals surface area contributed by atoms with Crippen LogP contribution in [0.3, 0.4) is 0 Å². The van der Waals surface area contributed by atoms with Crippen LogP contribution >= 0.6 is 0 Å². The highest BCUT2D eigenvalue weighted by Gasteiger charge is 2.09. The number of nitrogens with zero attached hydrogens (tertiary/aromatic N) is 2. The Bertz CT molecular complexity index is 490. The molecule has 0 aliphatic rings. The SMILES string of the molecule is CC[C@@H](N)c1cncn1Cc1ccc(OC)cc1. The fourth-order valence-electron chi connectivity index (χ4n) is 1.91. The van der Waals surface area contributed by atoms with Crippen molar-refractivity contribution < 1.29 is 4.74 Å². The number of hydrogen-bond acceptors (Lipinski definition) is 3. The molecule has 0 amide bonds. The number of hydrogen-bond donors (Lipinski definition) is 1. The van der Waals surface area contributed by atoms with Crippen molar-refractivity contribution in [3.63, 3.8) is 0 Å². The van der Waals surface area contributed by atoms with E-state index in [4.69, 9.17) is 10.5 Å². The highest BCUT2D eigenvalue weighted by molar-refractivity contribution is 5.27. The molecule has 0 saturated heterocycles. The number of rotatable bonds is 5. The van der Waals surface area contributed by atoms with Crippen molar-refractivity contribution in [1.29, 1.82) is 0 Å². The average Bonchev–Trinajstić information content (AvgIpc) is 2.87. The van der Waals surface area contributed by atoms with E-state index < -0.39 is 0 Å². The van der Waals surface area contributed by atoms with Gasteiger partial charge in [0.15, 0.2) is 0 Å². The fourth-order valence-corrected chi connectivity index (χ4v) is 1.91. The Morgan fingerprint density at radius 1 is 1.33 bits per heavy atom. The van der Waals surface area contributed by atoms with E-state index in [0.29, 0.717) is 0 Å². The van der Waals surface area contributed by atoms with Gasteiger partial charge in [-0.2, -0.15) is 0 Å². The summed E-state index contributed by atoms with van der Waals surface area (Å²) in [6.45, 7) is 2.86. The van der Waals surface area contributed by atoms with Crippen LogP contribution in [-0.2, 0) is 6.54 Å². The molecular formula is C14H19N3O. The van der Waals surface area contributed by atoms with Gasteiger partial charge in [0.25, 0.3) is 0 Å². The maximum atomic E-state index is 6.06. The third-order valence-electron chi connectivity index (χ3n) is 3.08. The summed E-state index contributed by atoms with van der Waals surface area (Å²) in [5.41, 5.74) is 8.34. The smallest absolute Gasteiger partial charge is 0.118 e. The summed E-state index contributed by atoms with van der Waals surface area (Å²) < 4.78 is 7.24. The molecule has 1 aromatic heterocycles. The number of imidazole rings is 1. The Morgan fingerprint density at radius 3 is 2.67 bits per heavy atom. The maximum Gasteiger partial charge on any atom is 0.118 e. The number of aromatic nitrogens is 2. The van der Waals surface area contributed by atoms with Crippen LogP contribution in [-0.4, -0.2) is 16.7 Å². The zero-order chi connectivity index (χ0) is 13.0. The molecule has 0 radical (unpaired) electrons. The molecule has 2 aromatic rings. The summed E-state index contributed by atoms with van der Waals surface area (Å²) in [6, 6.07) is 8.09. The molecule has 18 heavy (non-hydrogen) atoms. The van der Waals surface area contributed by atoms with Crippen LogP contribution in [0.1, 0.15) is 30.6 Å². The summed E-state index contributed by atoms with van der Waals surface area (Å²) >= 11 is 0. The zero-order valence-electron chi connectivity index (χ0n) is 10.8. The van der Waals surface area contributed by atoms with Gasteiger partial charge in [0.1, 0.15) is 5.75 Å². The Morgan fingerprint density at radius 2 is 2.06 bits per heavy atom. The lowest BCUT2D eigenvalue weighted by atomic mass is 10.1. The molecule has 0 aliphatic carbocycles. The Balaban J connectivity index is 2.15. The maximum absolute atomic E-state index is 6.06. The van der Waals surface area contributed by atoms with Crippen molar-refractivity contribution in [3.8, 4) is 5.75 Å². The van der Waals surface area contributed by atoms with Crippen LogP contribution in [0.5, 0.6) is 5.75 Å². The molecule has 0 bridgehead atoms. The van der Waals surface area contributed by atoms with Crippen LogP contribution in [0.25, 0.3) is 0 Å². The van der Waals surface area contributed by atoms with E-state index in [2.05, 4.69) is 28.6 Å². The molecule has 1 atom stereocenters. The molecule has 2 rings (SSSR count). The summed E-state index contributed by atoms with van der Waals surface area (Å²) in [5.74, 6) is 0.870. The first-order chi connectivity index (χ1) is 8.74. The van der Waals surface area contributed by atoms with Crippen molar-refractivity contribution in [1.82, 2.24) is 9.55 Å². The van der Waals surface area contributed by atoms with Gasteiger partial charge in [-0.1, -0.05) is 19.1 Å². The molecule has 2 N–H and O–H groups in total. The summed E-state index contributed by atoms with van der Waals surface area (Å²) in [5, 5.41) is 0. The minimum atomic E-state index is 0.0470. The summed E-state index contributed by atoms with van der Waals surface area (Å²) in [4.78, 5) is 4.18. The van der Waals surface area contributed by atoms with Crippen molar-refractivity contribution in [2.75, 3.05) is 7.11 Å². The molecule has 0 unspecified atom stereocenters. The van der Waals surface area contributed by atoms with Crippen molar-refractivity contribution in [2.45, 2.75) is 25.9 Å². The molecule has 4 heteroatoms. The standard InChI is InChI=1S/C14H19N3O/c1-3-13(15)14-8-16-10-17(14)9-11-4-6-12(18-2)7-5-11/h4-8,10,13H,3,9,15H2,1-2H3/t13-/m1/s1.